The Hall–Kier alpha value is -1.43. The van der Waals surface area contributed by atoms with E-state index >= 15 is 0 Å². The van der Waals surface area contributed by atoms with Gasteiger partial charge >= 0.3 is 0 Å². The number of hydrogen-bond donors (Lipinski definition) is 1. The second-order valence-corrected chi connectivity index (χ2v) is 8.24. The summed E-state index contributed by atoms with van der Waals surface area (Å²) in [7, 11) is 0. The van der Waals surface area contributed by atoms with Crippen LogP contribution in [0.2, 0.25) is 0 Å². The molecule has 2 aliphatic rings. The van der Waals surface area contributed by atoms with E-state index in [0.29, 0.717) is 6.54 Å². The van der Waals surface area contributed by atoms with E-state index < -0.39 is 0 Å². The Balaban J connectivity index is 1.44. The summed E-state index contributed by atoms with van der Waals surface area (Å²) in [6, 6.07) is 10.8. The molecule has 2 saturated heterocycles. The fraction of sp³-hybridized carbons (Fsp3) is 0.650. The first kappa shape index (κ1) is 18.4. The maximum absolute atomic E-state index is 12.7. The normalized spacial score (nSPS) is 25.1. The van der Waals surface area contributed by atoms with E-state index in [-0.39, 0.29) is 17.4 Å². The predicted molar refractivity (Wildman–Crippen MR) is 101 cm³/mol. The van der Waals surface area contributed by atoms with Crippen LogP contribution in [0.5, 0.6) is 0 Å². The first-order valence-corrected chi connectivity index (χ1v) is 9.46. The number of piperazine rings is 1. The average molecular weight is 345 g/mol. The Kier molecular flexibility index (Phi) is 5.77. The number of carbonyl (C=O) groups excluding carboxylic acids is 1. The number of nitrogens with zero attached hydrogens (tertiary/aromatic N) is 3. The molecule has 2 N–H and O–H groups in total. The smallest absolute Gasteiger partial charge is 0.236 e. The van der Waals surface area contributed by atoms with Crippen molar-refractivity contribution >= 4 is 5.91 Å². The number of benzene rings is 1. The van der Waals surface area contributed by atoms with Crippen LogP contribution in [0.4, 0.5) is 0 Å². The number of hydrogen-bond acceptors (Lipinski definition) is 4. The maximum Gasteiger partial charge on any atom is 0.236 e. The lowest BCUT2D eigenvalue weighted by Gasteiger charge is -2.43. The van der Waals surface area contributed by atoms with E-state index in [9.17, 15) is 4.79 Å². The number of carbonyl (C=O) groups is 1. The topological polar surface area (TPSA) is 52.8 Å². The number of piperidine rings is 1. The molecule has 0 aliphatic carbocycles. The summed E-state index contributed by atoms with van der Waals surface area (Å²) in [5.41, 5.74) is 7.63. The van der Waals surface area contributed by atoms with Crippen LogP contribution in [-0.2, 0) is 11.3 Å². The van der Waals surface area contributed by atoms with Gasteiger partial charge in [-0.25, -0.2) is 0 Å². The number of likely N-dealkylation sites (tertiary alicyclic amines) is 1. The fourth-order valence-corrected chi connectivity index (χ4v) is 3.91. The Labute approximate surface area is 151 Å². The second kappa shape index (κ2) is 7.85. The van der Waals surface area contributed by atoms with Crippen LogP contribution in [0, 0.1) is 5.41 Å². The third-order valence-electron chi connectivity index (χ3n) is 5.72. The predicted octanol–water partition coefficient (Wildman–Crippen LogP) is 1.39. The number of nitrogens with two attached hydrogens (primary N) is 1. The second-order valence-electron chi connectivity index (χ2n) is 8.24. The SMILES string of the molecule is CC1(C)CN(CC(=O)N2CCN(Cc3ccccc3)CC2)CCC1N. The van der Waals surface area contributed by atoms with Gasteiger partial charge in [0.2, 0.25) is 5.91 Å². The molecule has 2 aliphatic heterocycles. The highest BCUT2D eigenvalue weighted by Crippen LogP contribution is 2.27. The van der Waals surface area contributed by atoms with Gasteiger partial charge in [-0.2, -0.15) is 0 Å². The van der Waals surface area contributed by atoms with Crippen molar-refractivity contribution < 1.29 is 4.79 Å². The molecule has 1 amide bonds. The average Bonchev–Trinajstić information content (AvgIpc) is 2.59. The van der Waals surface area contributed by atoms with Crippen LogP contribution in [-0.4, -0.2) is 72.5 Å². The molecular formula is C20H32N4O. The van der Waals surface area contributed by atoms with E-state index in [0.717, 1.165) is 52.2 Å². The minimum absolute atomic E-state index is 0.0902. The van der Waals surface area contributed by atoms with Gasteiger partial charge < -0.3 is 10.6 Å². The zero-order valence-electron chi connectivity index (χ0n) is 15.7. The van der Waals surface area contributed by atoms with Gasteiger partial charge in [0, 0.05) is 51.9 Å². The van der Waals surface area contributed by atoms with E-state index in [1.165, 1.54) is 5.56 Å². The first-order chi connectivity index (χ1) is 11.9. The van der Waals surface area contributed by atoms with Crippen molar-refractivity contribution in [2.75, 3.05) is 45.8 Å². The van der Waals surface area contributed by atoms with Crippen molar-refractivity contribution in [2.45, 2.75) is 32.9 Å². The van der Waals surface area contributed by atoms with Crippen molar-refractivity contribution in [2.24, 2.45) is 11.1 Å². The van der Waals surface area contributed by atoms with Crippen LogP contribution in [0.3, 0.4) is 0 Å². The summed E-state index contributed by atoms with van der Waals surface area (Å²) in [6.45, 7) is 11.3. The molecular weight excluding hydrogens is 312 g/mol. The fourth-order valence-electron chi connectivity index (χ4n) is 3.91. The summed E-state index contributed by atoms with van der Waals surface area (Å²) in [6.07, 6.45) is 0.977. The molecule has 1 aromatic carbocycles. The Bertz CT molecular complexity index is 566. The summed E-state index contributed by atoms with van der Waals surface area (Å²) in [4.78, 5) is 19.4. The summed E-state index contributed by atoms with van der Waals surface area (Å²) in [5.74, 6) is 0.269. The quantitative estimate of drug-likeness (QED) is 0.897. The molecule has 2 fully saturated rings. The molecule has 0 radical (unpaired) electrons. The third-order valence-corrected chi connectivity index (χ3v) is 5.72. The lowest BCUT2D eigenvalue weighted by Crippen LogP contribution is -2.56. The van der Waals surface area contributed by atoms with Gasteiger partial charge in [0.1, 0.15) is 0 Å². The van der Waals surface area contributed by atoms with Gasteiger partial charge in [-0.15, -0.1) is 0 Å². The van der Waals surface area contributed by atoms with Gasteiger partial charge in [-0.3, -0.25) is 14.6 Å². The summed E-state index contributed by atoms with van der Waals surface area (Å²) < 4.78 is 0. The highest BCUT2D eigenvalue weighted by molar-refractivity contribution is 5.78. The van der Waals surface area contributed by atoms with Crippen molar-refractivity contribution in [1.29, 1.82) is 0 Å². The monoisotopic (exact) mass is 344 g/mol. The standard InChI is InChI=1S/C20H32N4O/c1-20(2)16-23(9-8-18(20)21)15-19(25)24-12-10-22(11-13-24)14-17-6-4-3-5-7-17/h3-7,18H,8-16,21H2,1-2H3. The van der Waals surface area contributed by atoms with Crippen LogP contribution in [0.25, 0.3) is 0 Å². The molecule has 2 heterocycles. The molecule has 25 heavy (non-hydrogen) atoms. The van der Waals surface area contributed by atoms with E-state index in [1.54, 1.807) is 0 Å². The minimum atomic E-state index is 0.0902. The molecule has 1 unspecified atom stereocenters. The van der Waals surface area contributed by atoms with Gasteiger partial charge in [0.15, 0.2) is 0 Å². The number of amides is 1. The van der Waals surface area contributed by atoms with Crippen LogP contribution < -0.4 is 5.73 Å². The first-order valence-electron chi connectivity index (χ1n) is 9.46. The largest absolute Gasteiger partial charge is 0.339 e. The Morgan fingerprint density at radius 1 is 1.08 bits per heavy atom. The van der Waals surface area contributed by atoms with Crippen molar-refractivity contribution in [1.82, 2.24) is 14.7 Å². The highest BCUT2D eigenvalue weighted by atomic mass is 16.2. The zero-order chi connectivity index (χ0) is 17.9. The zero-order valence-corrected chi connectivity index (χ0v) is 15.7. The van der Waals surface area contributed by atoms with Crippen LogP contribution in [0.1, 0.15) is 25.8 Å². The van der Waals surface area contributed by atoms with E-state index in [2.05, 4.69) is 54.0 Å². The molecule has 1 aromatic rings. The lowest BCUT2D eigenvalue weighted by atomic mass is 9.80. The van der Waals surface area contributed by atoms with Gasteiger partial charge in [-0.1, -0.05) is 44.2 Å². The molecule has 0 saturated carbocycles. The molecule has 1 atom stereocenters. The van der Waals surface area contributed by atoms with Gasteiger partial charge in [0.25, 0.3) is 0 Å². The third kappa shape index (κ3) is 4.81. The van der Waals surface area contributed by atoms with Crippen molar-refractivity contribution in [3.05, 3.63) is 35.9 Å². The Morgan fingerprint density at radius 3 is 2.40 bits per heavy atom. The number of rotatable bonds is 4. The molecule has 3 rings (SSSR count). The minimum Gasteiger partial charge on any atom is -0.339 e. The van der Waals surface area contributed by atoms with Crippen molar-refractivity contribution in [3.8, 4) is 0 Å². The molecule has 0 aromatic heterocycles. The molecule has 0 spiro atoms. The molecule has 5 nitrogen and oxygen atoms in total. The lowest BCUT2D eigenvalue weighted by molar-refractivity contribution is -0.135. The van der Waals surface area contributed by atoms with E-state index in [1.807, 2.05) is 4.90 Å². The summed E-state index contributed by atoms with van der Waals surface area (Å²) in [5, 5.41) is 0. The van der Waals surface area contributed by atoms with Gasteiger partial charge in [0.05, 0.1) is 6.54 Å². The highest BCUT2D eigenvalue weighted by Gasteiger charge is 2.34. The van der Waals surface area contributed by atoms with Gasteiger partial charge in [-0.05, 0) is 17.4 Å². The Morgan fingerprint density at radius 2 is 1.76 bits per heavy atom. The van der Waals surface area contributed by atoms with Crippen LogP contribution in [0.15, 0.2) is 30.3 Å². The molecule has 5 heteroatoms. The maximum atomic E-state index is 12.7. The van der Waals surface area contributed by atoms with E-state index in [4.69, 9.17) is 5.73 Å². The molecule has 0 bridgehead atoms. The van der Waals surface area contributed by atoms with Crippen LogP contribution >= 0.6 is 0 Å². The summed E-state index contributed by atoms with van der Waals surface area (Å²) >= 11 is 0. The van der Waals surface area contributed by atoms with Crippen molar-refractivity contribution in [3.63, 3.8) is 0 Å². The molecule has 138 valence electrons.